The molecule has 1 saturated carbocycles. The predicted molar refractivity (Wildman–Crippen MR) is 80.6 cm³/mol. The smallest absolute Gasteiger partial charge is 0.239 e. The van der Waals surface area contributed by atoms with E-state index in [9.17, 15) is 4.79 Å². The highest BCUT2D eigenvalue weighted by Crippen LogP contribution is 2.23. The second-order valence-corrected chi connectivity index (χ2v) is 7.03. The van der Waals surface area contributed by atoms with Crippen molar-refractivity contribution in [3.05, 3.63) is 0 Å². The molecule has 0 bridgehead atoms. The van der Waals surface area contributed by atoms with E-state index >= 15 is 0 Å². The summed E-state index contributed by atoms with van der Waals surface area (Å²) in [7, 11) is 0. The summed E-state index contributed by atoms with van der Waals surface area (Å²) in [6.07, 6.45) is 7.41. The predicted octanol–water partition coefficient (Wildman–Crippen LogP) is 1.46. The number of hydrogen-bond donors (Lipinski definition) is 1. The van der Waals surface area contributed by atoms with E-state index < -0.39 is 0 Å². The maximum Gasteiger partial charge on any atom is 0.239 e. The van der Waals surface area contributed by atoms with Crippen LogP contribution in [0.5, 0.6) is 0 Å². The van der Waals surface area contributed by atoms with Crippen molar-refractivity contribution in [3.8, 4) is 0 Å². The molecule has 114 valence electrons. The average molecular weight is 279 g/mol. The van der Waals surface area contributed by atoms with E-state index in [0.29, 0.717) is 17.9 Å². The van der Waals surface area contributed by atoms with Crippen molar-refractivity contribution in [2.45, 2.75) is 57.5 Å². The zero-order valence-corrected chi connectivity index (χ0v) is 12.8. The summed E-state index contributed by atoms with van der Waals surface area (Å²) in [5.74, 6) is 0.952. The summed E-state index contributed by atoms with van der Waals surface area (Å²) < 4.78 is 0. The van der Waals surface area contributed by atoms with Crippen LogP contribution in [-0.2, 0) is 4.79 Å². The number of nitrogens with one attached hydrogen (secondary N) is 1. The van der Waals surface area contributed by atoms with Crippen LogP contribution in [0.3, 0.4) is 0 Å². The lowest BCUT2D eigenvalue weighted by Crippen LogP contribution is -2.52. The molecule has 4 heteroatoms. The fourth-order valence-corrected chi connectivity index (χ4v) is 3.65. The molecule has 2 unspecified atom stereocenters. The third kappa shape index (κ3) is 3.73. The lowest BCUT2D eigenvalue weighted by Gasteiger charge is -2.35. The van der Waals surface area contributed by atoms with Crippen LogP contribution in [0, 0.1) is 5.92 Å². The van der Waals surface area contributed by atoms with Gasteiger partial charge in [0.2, 0.25) is 5.91 Å². The Morgan fingerprint density at radius 1 is 1.10 bits per heavy atom. The number of likely N-dealkylation sites (tertiary alicyclic amines) is 2. The molecule has 2 saturated heterocycles. The Morgan fingerprint density at radius 3 is 2.55 bits per heavy atom. The average Bonchev–Trinajstić information content (AvgIpc) is 3.09. The normalized spacial score (nSPS) is 29.9. The number of nitrogens with zero attached hydrogens (tertiary/aromatic N) is 2. The van der Waals surface area contributed by atoms with E-state index in [-0.39, 0.29) is 6.04 Å². The maximum absolute atomic E-state index is 12.5. The van der Waals surface area contributed by atoms with E-state index in [4.69, 9.17) is 0 Å². The molecule has 0 aromatic rings. The Balaban J connectivity index is 1.46. The third-order valence-electron chi connectivity index (χ3n) is 4.85. The Bertz CT molecular complexity index is 337. The molecule has 0 spiro atoms. The van der Waals surface area contributed by atoms with Crippen molar-refractivity contribution < 1.29 is 4.79 Å². The van der Waals surface area contributed by atoms with E-state index in [1.165, 1.54) is 38.8 Å². The standard InChI is InChI=1S/C16H29N3O/c1-13(11-18-8-2-3-9-18)12-19-10-4-5-15(16(19)20)17-14-6-7-14/h13-15,17H,2-12H2,1H3. The largest absolute Gasteiger partial charge is 0.341 e. The van der Waals surface area contributed by atoms with Crippen LogP contribution in [0.25, 0.3) is 0 Å². The van der Waals surface area contributed by atoms with Gasteiger partial charge in [-0.15, -0.1) is 0 Å². The molecule has 3 aliphatic rings. The molecule has 0 aromatic heterocycles. The van der Waals surface area contributed by atoms with Gasteiger partial charge >= 0.3 is 0 Å². The molecule has 2 heterocycles. The SMILES string of the molecule is CC(CN1CCCC1)CN1CCCC(NC2CC2)C1=O. The second kappa shape index (κ2) is 6.44. The Kier molecular flexibility index (Phi) is 4.61. The van der Waals surface area contributed by atoms with Gasteiger partial charge in [-0.05, 0) is 57.5 Å². The lowest BCUT2D eigenvalue weighted by atomic mass is 10.0. The molecule has 2 atom stereocenters. The number of hydrogen-bond acceptors (Lipinski definition) is 3. The Morgan fingerprint density at radius 2 is 1.85 bits per heavy atom. The van der Waals surface area contributed by atoms with Crippen LogP contribution in [0.1, 0.15) is 45.4 Å². The van der Waals surface area contributed by atoms with Gasteiger partial charge in [-0.3, -0.25) is 4.79 Å². The first-order valence-electron chi connectivity index (χ1n) is 8.49. The molecule has 2 aliphatic heterocycles. The van der Waals surface area contributed by atoms with Crippen molar-refractivity contribution >= 4 is 5.91 Å². The van der Waals surface area contributed by atoms with Gasteiger partial charge in [-0.2, -0.15) is 0 Å². The summed E-state index contributed by atoms with van der Waals surface area (Å²) in [6, 6.07) is 0.737. The molecule has 4 nitrogen and oxygen atoms in total. The molecular formula is C16H29N3O. The van der Waals surface area contributed by atoms with Crippen molar-refractivity contribution in [3.63, 3.8) is 0 Å². The first-order chi connectivity index (χ1) is 9.72. The second-order valence-electron chi connectivity index (χ2n) is 7.03. The van der Waals surface area contributed by atoms with Crippen LogP contribution < -0.4 is 5.32 Å². The van der Waals surface area contributed by atoms with Crippen LogP contribution in [0.2, 0.25) is 0 Å². The fourth-order valence-electron chi connectivity index (χ4n) is 3.65. The summed E-state index contributed by atoms with van der Waals surface area (Å²) in [4.78, 5) is 17.2. The minimum Gasteiger partial charge on any atom is -0.341 e. The van der Waals surface area contributed by atoms with Gasteiger partial charge in [-0.1, -0.05) is 6.92 Å². The van der Waals surface area contributed by atoms with Crippen molar-refractivity contribution in [2.75, 3.05) is 32.7 Å². The van der Waals surface area contributed by atoms with Crippen molar-refractivity contribution in [1.29, 1.82) is 0 Å². The van der Waals surface area contributed by atoms with Crippen LogP contribution in [-0.4, -0.2) is 60.5 Å². The van der Waals surface area contributed by atoms with Gasteiger partial charge < -0.3 is 15.1 Å². The summed E-state index contributed by atoms with van der Waals surface area (Å²) in [6.45, 7) is 7.87. The van der Waals surface area contributed by atoms with Crippen molar-refractivity contribution in [1.82, 2.24) is 15.1 Å². The summed E-state index contributed by atoms with van der Waals surface area (Å²) in [5, 5.41) is 3.52. The topological polar surface area (TPSA) is 35.6 Å². The molecule has 3 rings (SSSR count). The highest BCUT2D eigenvalue weighted by Gasteiger charge is 2.33. The maximum atomic E-state index is 12.5. The fraction of sp³-hybridized carbons (Fsp3) is 0.938. The quantitative estimate of drug-likeness (QED) is 0.799. The molecule has 0 radical (unpaired) electrons. The minimum absolute atomic E-state index is 0.107. The molecule has 1 amide bonds. The molecule has 1 aliphatic carbocycles. The first-order valence-corrected chi connectivity index (χ1v) is 8.49. The van der Waals surface area contributed by atoms with E-state index in [1.807, 2.05) is 0 Å². The van der Waals surface area contributed by atoms with Gasteiger partial charge in [0.15, 0.2) is 0 Å². The van der Waals surface area contributed by atoms with Crippen LogP contribution in [0.4, 0.5) is 0 Å². The highest BCUT2D eigenvalue weighted by atomic mass is 16.2. The number of carbonyl (C=O) groups is 1. The number of amides is 1. The zero-order chi connectivity index (χ0) is 13.9. The Labute approximate surface area is 122 Å². The lowest BCUT2D eigenvalue weighted by molar-refractivity contribution is -0.136. The monoisotopic (exact) mass is 279 g/mol. The number of piperidine rings is 1. The number of carbonyl (C=O) groups excluding carboxylic acids is 1. The molecule has 1 N–H and O–H groups in total. The van der Waals surface area contributed by atoms with Gasteiger partial charge in [0.1, 0.15) is 0 Å². The summed E-state index contributed by atoms with van der Waals surface area (Å²) >= 11 is 0. The minimum atomic E-state index is 0.107. The molecule has 0 aromatic carbocycles. The highest BCUT2D eigenvalue weighted by molar-refractivity contribution is 5.82. The van der Waals surface area contributed by atoms with Gasteiger partial charge in [0, 0.05) is 25.7 Å². The summed E-state index contributed by atoms with van der Waals surface area (Å²) in [5.41, 5.74) is 0. The third-order valence-corrected chi connectivity index (χ3v) is 4.85. The van der Waals surface area contributed by atoms with Crippen molar-refractivity contribution in [2.24, 2.45) is 5.92 Å². The van der Waals surface area contributed by atoms with E-state index in [0.717, 1.165) is 32.5 Å². The van der Waals surface area contributed by atoms with Gasteiger partial charge in [0.25, 0.3) is 0 Å². The van der Waals surface area contributed by atoms with E-state index in [2.05, 4.69) is 22.0 Å². The van der Waals surface area contributed by atoms with Crippen LogP contribution in [0.15, 0.2) is 0 Å². The van der Waals surface area contributed by atoms with Crippen LogP contribution >= 0.6 is 0 Å². The molecule has 20 heavy (non-hydrogen) atoms. The van der Waals surface area contributed by atoms with E-state index in [1.54, 1.807) is 0 Å². The number of rotatable bonds is 6. The van der Waals surface area contributed by atoms with Gasteiger partial charge in [0.05, 0.1) is 6.04 Å². The van der Waals surface area contributed by atoms with Gasteiger partial charge in [-0.25, -0.2) is 0 Å². The molecular weight excluding hydrogens is 250 g/mol. The molecule has 3 fully saturated rings. The zero-order valence-electron chi connectivity index (χ0n) is 12.8. The first kappa shape index (κ1) is 14.3. The Hall–Kier alpha value is -0.610.